The third-order valence-corrected chi connectivity index (χ3v) is 6.26. The molecule has 0 spiro atoms. The molecular weight excluding hydrogens is 386 g/mol. The van der Waals surface area contributed by atoms with Gasteiger partial charge >= 0.3 is 0 Å². The molecule has 0 unspecified atom stereocenters. The minimum atomic E-state index is -3.76. The second kappa shape index (κ2) is 7.25. The largest absolute Gasteiger partial charge is 0.495 e. The molecular formula is C22H21N3O3S. The van der Waals surface area contributed by atoms with E-state index in [2.05, 4.69) is 9.71 Å². The number of nitrogens with zero attached hydrogens (tertiary/aromatic N) is 2. The van der Waals surface area contributed by atoms with E-state index in [1.54, 1.807) is 30.3 Å². The summed E-state index contributed by atoms with van der Waals surface area (Å²) in [6.07, 6.45) is 3.82. The predicted molar refractivity (Wildman–Crippen MR) is 114 cm³/mol. The SMILES string of the molecule is COc1ccc(-c2cn3ccccc3n2)cc1NS(=O)(=O)c1ccc(C)c(C)c1. The Balaban J connectivity index is 1.74. The molecule has 6 nitrogen and oxygen atoms in total. The highest BCUT2D eigenvalue weighted by molar-refractivity contribution is 7.92. The summed E-state index contributed by atoms with van der Waals surface area (Å²) in [6.45, 7) is 3.83. The zero-order valence-corrected chi connectivity index (χ0v) is 17.2. The molecule has 7 heteroatoms. The van der Waals surface area contributed by atoms with Crippen molar-refractivity contribution in [1.29, 1.82) is 0 Å². The molecule has 29 heavy (non-hydrogen) atoms. The van der Waals surface area contributed by atoms with Crippen LogP contribution in [0.2, 0.25) is 0 Å². The maximum absolute atomic E-state index is 12.9. The van der Waals surface area contributed by atoms with Crippen LogP contribution in [0.25, 0.3) is 16.9 Å². The van der Waals surface area contributed by atoms with Gasteiger partial charge in [-0.3, -0.25) is 4.72 Å². The number of pyridine rings is 1. The molecule has 4 rings (SSSR count). The molecule has 0 saturated heterocycles. The fraction of sp³-hybridized carbons (Fsp3) is 0.136. The Morgan fingerprint density at radius 1 is 1.00 bits per heavy atom. The van der Waals surface area contributed by atoms with Crippen molar-refractivity contribution in [3.63, 3.8) is 0 Å². The summed E-state index contributed by atoms with van der Waals surface area (Å²) in [5, 5.41) is 0. The quantitative estimate of drug-likeness (QED) is 0.531. The smallest absolute Gasteiger partial charge is 0.262 e. The number of rotatable bonds is 5. The first-order chi connectivity index (χ1) is 13.9. The van der Waals surface area contributed by atoms with Crippen LogP contribution in [0.3, 0.4) is 0 Å². The first kappa shape index (κ1) is 19.0. The molecule has 0 aliphatic heterocycles. The maximum atomic E-state index is 12.9. The minimum Gasteiger partial charge on any atom is -0.495 e. The van der Waals surface area contributed by atoms with E-state index in [-0.39, 0.29) is 4.90 Å². The van der Waals surface area contributed by atoms with Crippen LogP contribution in [-0.2, 0) is 10.0 Å². The number of aryl methyl sites for hydroxylation is 2. The average molecular weight is 407 g/mol. The van der Waals surface area contributed by atoms with Crippen molar-refractivity contribution >= 4 is 21.4 Å². The van der Waals surface area contributed by atoms with Crippen molar-refractivity contribution in [2.45, 2.75) is 18.7 Å². The Hall–Kier alpha value is -3.32. The van der Waals surface area contributed by atoms with Crippen molar-refractivity contribution in [3.8, 4) is 17.0 Å². The summed E-state index contributed by atoms with van der Waals surface area (Å²) in [7, 11) is -2.26. The highest BCUT2D eigenvalue weighted by Gasteiger charge is 2.18. The van der Waals surface area contributed by atoms with Crippen LogP contribution in [0, 0.1) is 13.8 Å². The second-order valence-electron chi connectivity index (χ2n) is 6.86. The van der Waals surface area contributed by atoms with E-state index >= 15 is 0 Å². The van der Waals surface area contributed by atoms with Crippen LogP contribution >= 0.6 is 0 Å². The molecule has 0 amide bonds. The molecule has 0 fully saturated rings. The van der Waals surface area contributed by atoms with Gasteiger partial charge in [0.25, 0.3) is 10.0 Å². The van der Waals surface area contributed by atoms with Gasteiger partial charge in [0.1, 0.15) is 11.4 Å². The number of sulfonamides is 1. The van der Waals surface area contributed by atoms with Crippen molar-refractivity contribution in [3.05, 3.63) is 78.1 Å². The summed E-state index contributed by atoms with van der Waals surface area (Å²) < 4.78 is 35.8. The Morgan fingerprint density at radius 3 is 2.55 bits per heavy atom. The van der Waals surface area contributed by atoms with Gasteiger partial charge in [-0.05, 0) is 67.4 Å². The summed E-state index contributed by atoms with van der Waals surface area (Å²) in [6, 6.07) is 16.1. The van der Waals surface area contributed by atoms with Crippen LogP contribution < -0.4 is 9.46 Å². The van der Waals surface area contributed by atoms with E-state index in [0.717, 1.165) is 28.0 Å². The molecule has 0 atom stereocenters. The number of anilines is 1. The lowest BCUT2D eigenvalue weighted by Crippen LogP contribution is -2.14. The third kappa shape index (κ3) is 3.69. The molecule has 4 aromatic rings. The van der Waals surface area contributed by atoms with E-state index < -0.39 is 10.0 Å². The molecule has 0 bridgehead atoms. The molecule has 2 aromatic carbocycles. The topological polar surface area (TPSA) is 72.7 Å². The predicted octanol–water partition coefficient (Wildman–Crippen LogP) is 4.43. The standard InChI is InChI=1S/C22H21N3O3S/c1-15-7-9-18(12-16(15)2)29(26,27)24-19-13-17(8-10-21(19)28-3)20-14-25-11-5-4-6-22(25)23-20/h4-14,24H,1-3H3. The number of fused-ring (bicyclic) bond motifs is 1. The highest BCUT2D eigenvalue weighted by Crippen LogP contribution is 2.32. The summed E-state index contributed by atoms with van der Waals surface area (Å²) in [5.41, 5.74) is 4.65. The van der Waals surface area contributed by atoms with E-state index in [0.29, 0.717) is 11.4 Å². The lowest BCUT2D eigenvalue weighted by atomic mass is 10.1. The zero-order chi connectivity index (χ0) is 20.6. The van der Waals surface area contributed by atoms with Gasteiger partial charge in [-0.25, -0.2) is 13.4 Å². The lowest BCUT2D eigenvalue weighted by Gasteiger charge is -2.14. The van der Waals surface area contributed by atoms with E-state index in [4.69, 9.17) is 4.74 Å². The fourth-order valence-corrected chi connectivity index (χ4v) is 4.25. The van der Waals surface area contributed by atoms with E-state index in [1.807, 2.05) is 54.9 Å². The Bertz CT molecular complexity index is 1280. The lowest BCUT2D eigenvalue weighted by molar-refractivity contribution is 0.417. The second-order valence-corrected chi connectivity index (χ2v) is 8.54. The maximum Gasteiger partial charge on any atom is 0.262 e. The highest BCUT2D eigenvalue weighted by atomic mass is 32.2. The molecule has 0 saturated carbocycles. The normalized spacial score (nSPS) is 11.6. The number of aromatic nitrogens is 2. The summed E-state index contributed by atoms with van der Waals surface area (Å²) >= 11 is 0. The van der Waals surface area contributed by atoms with Gasteiger partial charge in [-0.2, -0.15) is 0 Å². The fourth-order valence-electron chi connectivity index (χ4n) is 3.11. The van der Waals surface area contributed by atoms with Crippen molar-refractivity contribution < 1.29 is 13.2 Å². The van der Waals surface area contributed by atoms with Crippen LogP contribution in [0.1, 0.15) is 11.1 Å². The number of hydrogen-bond donors (Lipinski definition) is 1. The number of nitrogens with one attached hydrogen (secondary N) is 1. The van der Waals surface area contributed by atoms with Gasteiger partial charge in [0.2, 0.25) is 0 Å². The Kier molecular flexibility index (Phi) is 4.76. The molecule has 0 aliphatic carbocycles. The van der Waals surface area contributed by atoms with Crippen molar-refractivity contribution in [2.24, 2.45) is 0 Å². The number of benzene rings is 2. The molecule has 0 radical (unpaired) electrons. The van der Waals surface area contributed by atoms with Crippen molar-refractivity contribution in [2.75, 3.05) is 11.8 Å². The molecule has 0 aliphatic rings. The number of hydrogen-bond acceptors (Lipinski definition) is 4. The number of ether oxygens (including phenoxy) is 1. The van der Waals surface area contributed by atoms with Gasteiger partial charge in [0, 0.05) is 18.0 Å². The van der Waals surface area contributed by atoms with E-state index in [1.165, 1.54) is 7.11 Å². The van der Waals surface area contributed by atoms with E-state index in [9.17, 15) is 8.42 Å². The van der Waals surface area contributed by atoms with Crippen molar-refractivity contribution in [1.82, 2.24) is 9.38 Å². The number of imidazole rings is 1. The number of methoxy groups -OCH3 is 1. The van der Waals surface area contributed by atoms with Gasteiger partial charge in [-0.15, -0.1) is 0 Å². The van der Waals surface area contributed by atoms with Crippen LogP contribution in [-0.4, -0.2) is 24.9 Å². The summed E-state index contributed by atoms with van der Waals surface area (Å²) in [4.78, 5) is 4.81. The van der Waals surface area contributed by atoms with Crippen LogP contribution in [0.5, 0.6) is 5.75 Å². The molecule has 2 heterocycles. The van der Waals surface area contributed by atoms with Crippen LogP contribution in [0.4, 0.5) is 5.69 Å². The minimum absolute atomic E-state index is 0.209. The monoisotopic (exact) mass is 407 g/mol. The van der Waals surface area contributed by atoms with Gasteiger partial charge in [0.15, 0.2) is 0 Å². The van der Waals surface area contributed by atoms with Gasteiger partial charge in [-0.1, -0.05) is 12.1 Å². The first-order valence-electron chi connectivity index (χ1n) is 9.09. The average Bonchev–Trinajstić information content (AvgIpc) is 3.14. The molecule has 148 valence electrons. The third-order valence-electron chi connectivity index (χ3n) is 4.89. The Labute approximate surface area is 169 Å². The Morgan fingerprint density at radius 2 is 1.83 bits per heavy atom. The summed E-state index contributed by atoms with van der Waals surface area (Å²) in [5.74, 6) is 0.435. The van der Waals surface area contributed by atoms with Crippen LogP contribution in [0.15, 0.2) is 71.9 Å². The van der Waals surface area contributed by atoms with Gasteiger partial charge in [0.05, 0.1) is 23.4 Å². The zero-order valence-electron chi connectivity index (χ0n) is 16.4. The first-order valence-corrected chi connectivity index (χ1v) is 10.6. The molecule has 1 N–H and O–H groups in total. The molecule has 2 aromatic heterocycles. The van der Waals surface area contributed by atoms with Gasteiger partial charge < -0.3 is 9.14 Å².